The van der Waals surface area contributed by atoms with E-state index in [1.807, 2.05) is 12.1 Å². The first-order valence-corrected chi connectivity index (χ1v) is 6.73. The van der Waals surface area contributed by atoms with E-state index in [1.54, 1.807) is 11.3 Å². The number of hydrogen-bond donors (Lipinski definition) is 2. The quantitative estimate of drug-likeness (QED) is 0.791. The third kappa shape index (κ3) is 3.98. The molecule has 0 saturated heterocycles. The van der Waals surface area contributed by atoms with Crippen molar-refractivity contribution in [3.8, 4) is 0 Å². The maximum atomic E-state index is 10.6. The van der Waals surface area contributed by atoms with Gasteiger partial charge in [0.2, 0.25) is 0 Å². The molecule has 1 atom stereocenters. The molecule has 0 aliphatic heterocycles. The van der Waals surface area contributed by atoms with Crippen molar-refractivity contribution in [2.24, 2.45) is 0 Å². The molecule has 1 aromatic rings. The van der Waals surface area contributed by atoms with Crippen LogP contribution in [-0.4, -0.2) is 17.1 Å². The lowest BCUT2D eigenvalue weighted by Crippen LogP contribution is -2.28. The summed E-state index contributed by atoms with van der Waals surface area (Å²) in [6, 6.07) is 4.51. The van der Waals surface area contributed by atoms with Crippen LogP contribution in [-0.2, 0) is 17.8 Å². The fourth-order valence-corrected chi connectivity index (χ4v) is 2.95. The molecule has 0 saturated carbocycles. The second kappa shape index (κ2) is 5.98. The summed E-state index contributed by atoms with van der Waals surface area (Å²) in [7, 11) is 0. The van der Waals surface area contributed by atoms with Crippen molar-refractivity contribution in [3.05, 3.63) is 34.0 Å². The maximum Gasteiger partial charge on any atom is 0.308 e. The Balaban J connectivity index is 1.80. The summed E-state index contributed by atoms with van der Waals surface area (Å²) in [4.78, 5) is 12.7. The first-order chi connectivity index (χ1) is 8.24. The maximum absolute atomic E-state index is 10.6. The summed E-state index contributed by atoms with van der Waals surface area (Å²) in [6.45, 7) is 0.850. The second-order valence-corrected chi connectivity index (χ2v) is 5.55. The molecule has 0 spiro atoms. The van der Waals surface area contributed by atoms with Crippen molar-refractivity contribution in [3.63, 3.8) is 0 Å². The zero-order valence-electron chi connectivity index (χ0n) is 9.69. The van der Waals surface area contributed by atoms with E-state index < -0.39 is 5.97 Å². The fourth-order valence-electron chi connectivity index (χ4n) is 1.99. The molecule has 0 fully saturated rings. The molecule has 4 heteroatoms. The van der Waals surface area contributed by atoms with Crippen LogP contribution in [0.15, 0.2) is 24.3 Å². The van der Waals surface area contributed by atoms with Crippen LogP contribution in [0, 0.1) is 0 Å². The Bertz CT molecular complexity index is 411. The lowest BCUT2D eigenvalue weighted by molar-refractivity contribution is -0.136. The van der Waals surface area contributed by atoms with Crippen LogP contribution >= 0.6 is 11.3 Å². The van der Waals surface area contributed by atoms with Gasteiger partial charge < -0.3 is 10.4 Å². The summed E-state index contributed by atoms with van der Waals surface area (Å²) in [5, 5.41) is 12.2. The van der Waals surface area contributed by atoms with E-state index in [2.05, 4.69) is 17.5 Å². The van der Waals surface area contributed by atoms with Crippen LogP contribution in [0.4, 0.5) is 0 Å². The number of nitrogens with one attached hydrogen (secondary N) is 1. The summed E-state index contributed by atoms with van der Waals surface area (Å²) >= 11 is 1.59. The first-order valence-electron chi connectivity index (χ1n) is 5.92. The van der Waals surface area contributed by atoms with Crippen LogP contribution in [0.1, 0.15) is 29.0 Å². The zero-order chi connectivity index (χ0) is 12.1. The van der Waals surface area contributed by atoms with Crippen LogP contribution in [0.5, 0.6) is 0 Å². The number of hydrogen-bond acceptors (Lipinski definition) is 3. The normalized spacial score (nSPS) is 19.4. The molecular formula is C13H17NO2S. The number of thiophene rings is 1. The van der Waals surface area contributed by atoms with Gasteiger partial charge in [-0.1, -0.05) is 12.2 Å². The highest BCUT2D eigenvalue weighted by Gasteiger charge is 2.10. The predicted molar refractivity (Wildman–Crippen MR) is 69.3 cm³/mol. The summed E-state index contributed by atoms with van der Waals surface area (Å²) in [5.74, 6) is -0.760. The van der Waals surface area contributed by atoms with E-state index in [0.717, 1.165) is 24.3 Å². The molecule has 1 aliphatic rings. The van der Waals surface area contributed by atoms with Crippen molar-refractivity contribution in [1.82, 2.24) is 5.32 Å². The molecule has 2 N–H and O–H groups in total. The minimum atomic E-state index is -0.760. The van der Waals surface area contributed by atoms with Crippen molar-refractivity contribution >= 4 is 17.3 Å². The Labute approximate surface area is 105 Å². The molecular weight excluding hydrogens is 234 g/mol. The summed E-state index contributed by atoms with van der Waals surface area (Å²) in [6.07, 6.45) is 8.06. The van der Waals surface area contributed by atoms with Crippen LogP contribution < -0.4 is 5.32 Å². The Morgan fingerprint density at radius 2 is 2.24 bits per heavy atom. The van der Waals surface area contributed by atoms with E-state index in [9.17, 15) is 4.79 Å². The Morgan fingerprint density at radius 3 is 2.94 bits per heavy atom. The van der Waals surface area contributed by atoms with Gasteiger partial charge in [0.1, 0.15) is 0 Å². The monoisotopic (exact) mass is 251 g/mol. The number of carboxylic acid groups (broad SMARTS) is 1. The van der Waals surface area contributed by atoms with Crippen molar-refractivity contribution in [2.75, 3.05) is 0 Å². The lowest BCUT2D eigenvalue weighted by atomic mass is 10.0. The Hall–Kier alpha value is -1.13. The molecule has 92 valence electrons. The van der Waals surface area contributed by atoms with Gasteiger partial charge in [-0.2, -0.15) is 0 Å². The topological polar surface area (TPSA) is 49.3 Å². The molecule has 2 rings (SSSR count). The van der Waals surface area contributed by atoms with Gasteiger partial charge in [0, 0.05) is 22.3 Å². The van der Waals surface area contributed by atoms with Crippen LogP contribution in [0.3, 0.4) is 0 Å². The number of rotatable bonds is 5. The minimum Gasteiger partial charge on any atom is -0.481 e. The number of carboxylic acids is 1. The average molecular weight is 251 g/mol. The Kier molecular flexibility index (Phi) is 4.34. The van der Waals surface area contributed by atoms with Gasteiger partial charge in [0.25, 0.3) is 0 Å². The number of allylic oxidation sites excluding steroid dienone is 1. The minimum absolute atomic E-state index is 0.136. The van der Waals surface area contributed by atoms with Crippen molar-refractivity contribution < 1.29 is 9.90 Å². The van der Waals surface area contributed by atoms with Crippen molar-refractivity contribution in [1.29, 1.82) is 0 Å². The highest BCUT2D eigenvalue weighted by molar-refractivity contribution is 7.12. The molecule has 1 unspecified atom stereocenters. The van der Waals surface area contributed by atoms with Crippen molar-refractivity contribution in [2.45, 2.75) is 38.3 Å². The van der Waals surface area contributed by atoms with Gasteiger partial charge in [-0.3, -0.25) is 4.79 Å². The number of aliphatic carboxylic acids is 1. The van der Waals surface area contributed by atoms with Crippen LogP contribution in [0.2, 0.25) is 0 Å². The largest absolute Gasteiger partial charge is 0.481 e. The second-order valence-electron chi connectivity index (χ2n) is 4.30. The van der Waals surface area contributed by atoms with Gasteiger partial charge in [-0.05, 0) is 31.4 Å². The van der Waals surface area contributed by atoms with E-state index in [-0.39, 0.29) is 6.42 Å². The first kappa shape index (κ1) is 12.3. The molecule has 0 radical (unpaired) electrons. The standard InChI is InChI=1S/C13H17NO2S/c15-13(16)8-11-6-7-12(17-11)9-14-10-4-2-1-3-5-10/h1-2,6-7,10,14H,3-5,8-9H2,(H,15,16). The SMILES string of the molecule is O=C(O)Cc1ccc(CNC2CC=CCC2)s1. The fraction of sp³-hybridized carbons (Fsp3) is 0.462. The molecule has 1 aromatic heterocycles. The molecule has 1 aliphatic carbocycles. The zero-order valence-corrected chi connectivity index (χ0v) is 10.5. The van der Waals surface area contributed by atoms with Gasteiger partial charge in [-0.25, -0.2) is 0 Å². The molecule has 3 nitrogen and oxygen atoms in total. The predicted octanol–water partition coefficient (Wildman–Crippen LogP) is 2.57. The molecule has 1 heterocycles. The van der Waals surface area contributed by atoms with E-state index >= 15 is 0 Å². The molecule has 0 bridgehead atoms. The van der Waals surface area contributed by atoms with Gasteiger partial charge >= 0.3 is 5.97 Å². The smallest absolute Gasteiger partial charge is 0.308 e. The highest BCUT2D eigenvalue weighted by Crippen LogP contribution is 2.18. The summed E-state index contributed by atoms with van der Waals surface area (Å²) in [5.41, 5.74) is 0. The molecule has 0 amide bonds. The molecule has 0 aromatic carbocycles. The van der Waals surface area contributed by atoms with E-state index in [4.69, 9.17) is 5.11 Å². The third-order valence-electron chi connectivity index (χ3n) is 2.88. The summed E-state index contributed by atoms with van der Waals surface area (Å²) < 4.78 is 0. The van der Waals surface area contributed by atoms with Gasteiger partial charge in [-0.15, -0.1) is 11.3 Å². The van der Waals surface area contributed by atoms with E-state index in [1.165, 1.54) is 11.3 Å². The third-order valence-corrected chi connectivity index (χ3v) is 3.96. The van der Waals surface area contributed by atoms with E-state index in [0.29, 0.717) is 6.04 Å². The molecule has 17 heavy (non-hydrogen) atoms. The lowest BCUT2D eigenvalue weighted by Gasteiger charge is -2.18. The highest BCUT2D eigenvalue weighted by atomic mass is 32.1. The van der Waals surface area contributed by atoms with Crippen LogP contribution in [0.25, 0.3) is 0 Å². The Morgan fingerprint density at radius 1 is 1.41 bits per heavy atom. The number of carbonyl (C=O) groups is 1. The van der Waals surface area contributed by atoms with Gasteiger partial charge in [0.15, 0.2) is 0 Å². The van der Waals surface area contributed by atoms with Gasteiger partial charge in [0.05, 0.1) is 6.42 Å². The average Bonchev–Trinajstić information content (AvgIpc) is 2.75.